The number of benzene rings is 2. The first kappa shape index (κ1) is 12.5. The lowest BCUT2D eigenvalue weighted by Crippen LogP contribution is -2.21. The summed E-state index contributed by atoms with van der Waals surface area (Å²) in [6.07, 6.45) is 0. The fraction of sp³-hybridized carbons (Fsp3) is 0.200. The van der Waals surface area contributed by atoms with Gasteiger partial charge >= 0.3 is 5.52 Å². The zero-order valence-corrected chi connectivity index (χ0v) is 11.5. The van der Waals surface area contributed by atoms with Crippen molar-refractivity contribution in [3.05, 3.63) is 46.4 Å². The van der Waals surface area contributed by atoms with Gasteiger partial charge in [0, 0.05) is 11.0 Å². The fourth-order valence-corrected chi connectivity index (χ4v) is 2.42. The summed E-state index contributed by atoms with van der Waals surface area (Å²) in [6, 6.07) is 8.69. The summed E-state index contributed by atoms with van der Waals surface area (Å²) in [5.74, 6) is 0.431. The van der Waals surface area contributed by atoms with Gasteiger partial charge in [-0.3, -0.25) is 0 Å². The number of hydrogen-bond acceptors (Lipinski definition) is 3. The zero-order chi connectivity index (χ0) is 14.4. The molecule has 0 unspecified atom stereocenters. The molecule has 5 heteroatoms. The number of ether oxygens (including phenoxy) is 1. The van der Waals surface area contributed by atoms with Crippen LogP contribution >= 0.6 is 0 Å². The molecule has 0 bridgehead atoms. The summed E-state index contributed by atoms with van der Waals surface area (Å²) in [5.41, 5.74) is 3.62. The van der Waals surface area contributed by atoms with Crippen molar-refractivity contribution in [3.8, 4) is 5.75 Å². The summed E-state index contributed by atoms with van der Waals surface area (Å²) in [4.78, 5) is 12.6. The molecule has 5 nitrogen and oxygen atoms in total. The highest BCUT2D eigenvalue weighted by atomic mass is 16.5. The number of para-hydroxylation sites is 1. The number of rotatable bonds is 1. The molecule has 0 aliphatic heterocycles. The smallest absolute Gasteiger partial charge is 0.331 e. The molecule has 0 saturated heterocycles. The first-order valence-corrected chi connectivity index (χ1v) is 6.29. The highest BCUT2D eigenvalue weighted by Gasteiger charge is 2.22. The van der Waals surface area contributed by atoms with E-state index in [1.165, 1.54) is 7.11 Å². The predicted molar refractivity (Wildman–Crippen MR) is 76.0 cm³/mol. The van der Waals surface area contributed by atoms with Gasteiger partial charge in [-0.15, -0.1) is 0 Å². The minimum Gasteiger partial charge on any atom is -0.490 e. The van der Waals surface area contributed by atoms with Crippen LogP contribution in [0.15, 0.2) is 30.3 Å². The number of hydrogen-bond donors (Lipinski definition) is 1. The Labute approximate surface area is 115 Å². The molecule has 0 aliphatic rings. The minimum atomic E-state index is 0.313. The zero-order valence-electron chi connectivity index (χ0n) is 11.5. The molecule has 1 N–H and O–H groups in total. The lowest BCUT2D eigenvalue weighted by molar-refractivity contribution is -0.433. The van der Waals surface area contributed by atoms with Crippen LogP contribution in [0.3, 0.4) is 0 Å². The minimum absolute atomic E-state index is 0.313. The van der Waals surface area contributed by atoms with Crippen molar-refractivity contribution in [1.82, 2.24) is 4.73 Å². The lowest BCUT2D eigenvalue weighted by Gasteiger charge is -2.07. The third-order valence-corrected chi connectivity index (χ3v) is 3.67. The predicted octanol–water partition coefficient (Wildman–Crippen LogP) is 2.57. The average molecular weight is 271 g/mol. The van der Waals surface area contributed by atoms with E-state index in [0.717, 1.165) is 20.3 Å². The molecule has 0 aliphatic carbocycles. The monoisotopic (exact) mass is 271 g/mol. The van der Waals surface area contributed by atoms with Gasteiger partial charge < -0.3 is 9.94 Å². The van der Waals surface area contributed by atoms with Gasteiger partial charge in [-0.2, -0.15) is 4.73 Å². The Hall–Kier alpha value is -2.56. The van der Waals surface area contributed by atoms with Crippen LogP contribution in [0.4, 0.5) is 0 Å². The third-order valence-electron chi connectivity index (χ3n) is 3.67. The van der Waals surface area contributed by atoms with Crippen LogP contribution in [0, 0.1) is 18.8 Å². The van der Waals surface area contributed by atoms with E-state index in [9.17, 15) is 10.1 Å². The number of nitrogens with zero attached hydrogens (tertiary/aromatic N) is 2. The molecule has 3 rings (SSSR count). The van der Waals surface area contributed by atoms with Crippen LogP contribution in [-0.2, 0) is 0 Å². The number of fused-ring (bicyclic) bond motifs is 2. The quantitative estimate of drug-likeness (QED) is 0.420. The maximum Gasteiger partial charge on any atom is 0.331 e. The molecule has 0 amide bonds. The van der Waals surface area contributed by atoms with Crippen molar-refractivity contribution in [1.29, 1.82) is 0 Å². The molecule has 0 radical (unpaired) electrons. The van der Waals surface area contributed by atoms with E-state index in [1.807, 2.05) is 13.8 Å². The van der Waals surface area contributed by atoms with Crippen LogP contribution in [0.2, 0.25) is 0 Å². The van der Waals surface area contributed by atoms with Gasteiger partial charge in [0.05, 0.1) is 11.5 Å². The number of aromatic nitrogens is 2. The highest BCUT2D eigenvalue weighted by molar-refractivity contribution is 5.86. The Morgan fingerprint density at radius 3 is 2.55 bits per heavy atom. The maximum atomic E-state index is 12.6. The van der Waals surface area contributed by atoms with E-state index in [0.29, 0.717) is 27.8 Å². The largest absolute Gasteiger partial charge is 0.490 e. The first-order valence-electron chi connectivity index (χ1n) is 6.29. The molecular formula is C15H15N2O3+. The Kier molecular flexibility index (Phi) is 2.64. The molecule has 2 aromatic carbocycles. The SMILES string of the molecule is COc1cccc2c1[n+](=O)c1cc(C)c(C)cc1n2O. The van der Waals surface area contributed by atoms with Crippen molar-refractivity contribution in [2.45, 2.75) is 13.8 Å². The molecule has 0 atom stereocenters. The van der Waals surface area contributed by atoms with E-state index in [1.54, 1.807) is 30.3 Å². The molecule has 1 aromatic heterocycles. The Balaban J connectivity index is 2.65. The van der Waals surface area contributed by atoms with E-state index in [4.69, 9.17) is 4.74 Å². The van der Waals surface area contributed by atoms with Crippen LogP contribution in [0.5, 0.6) is 5.75 Å². The highest BCUT2D eigenvalue weighted by Crippen LogP contribution is 2.25. The summed E-state index contributed by atoms with van der Waals surface area (Å²) >= 11 is 0. The van der Waals surface area contributed by atoms with Gasteiger partial charge in [-0.1, -0.05) is 6.07 Å². The molecule has 0 fully saturated rings. The first-order chi connectivity index (χ1) is 9.54. The van der Waals surface area contributed by atoms with E-state index < -0.39 is 0 Å². The van der Waals surface area contributed by atoms with Gasteiger partial charge in [-0.25, -0.2) is 0 Å². The summed E-state index contributed by atoms with van der Waals surface area (Å²) in [7, 11) is 1.50. The van der Waals surface area contributed by atoms with Gasteiger partial charge in [0.1, 0.15) is 0 Å². The van der Waals surface area contributed by atoms with Crippen molar-refractivity contribution in [3.63, 3.8) is 0 Å². The van der Waals surface area contributed by atoms with Gasteiger partial charge in [0.25, 0.3) is 5.52 Å². The Morgan fingerprint density at radius 2 is 1.85 bits per heavy atom. The van der Waals surface area contributed by atoms with Gasteiger partial charge in [0.2, 0.25) is 0 Å². The van der Waals surface area contributed by atoms with E-state index in [2.05, 4.69) is 0 Å². The van der Waals surface area contributed by atoms with E-state index >= 15 is 0 Å². The molecule has 0 saturated carbocycles. The van der Waals surface area contributed by atoms with Crippen molar-refractivity contribution >= 4 is 22.1 Å². The van der Waals surface area contributed by atoms with Crippen LogP contribution in [0.1, 0.15) is 11.1 Å². The Morgan fingerprint density at radius 1 is 1.15 bits per heavy atom. The number of methoxy groups -OCH3 is 1. The van der Waals surface area contributed by atoms with Crippen LogP contribution in [-0.4, -0.2) is 17.0 Å². The second-order valence-corrected chi connectivity index (χ2v) is 4.86. The molecule has 20 heavy (non-hydrogen) atoms. The molecule has 3 aromatic rings. The van der Waals surface area contributed by atoms with E-state index in [-0.39, 0.29) is 0 Å². The molecular weight excluding hydrogens is 256 g/mol. The van der Waals surface area contributed by atoms with Crippen LogP contribution in [0.25, 0.3) is 22.1 Å². The third kappa shape index (κ3) is 1.56. The second-order valence-electron chi connectivity index (χ2n) is 4.86. The van der Waals surface area contributed by atoms with Crippen molar-refractivity contribution in [2.75, 3.05) is 7.11 Å². The van der Waals surface area contributed by atoms with Gasteiger partial charge in [0.15, 0.2) is 16.8 Å². The van der Waals surface area contributed by atoms with Crippen molar-refractivity contribution in [2.24, 2.45) is 0 Å². The maximum absolute atomic E-state index is 12.6. The van der Waals surface area contributed by atoms with Crippen molar-refractivity contribution < 1.29 is 14.4 Å². The normalized spacial score (nSPS) is 11.2. The lowest BCUT2D eigenvalue weighted by atomic mass is 10.1. The molecule has 0 spiro atoms. The fourth-order valence-electron chi connectivity index (χ4n) is 2.42. The standard InChI is InChI=1S/C15H15N2O3/c1-9-7-12-13(8-10(9)2)17(19)15-11(16(12)18)5-4-6-14(15)20-3/h4-8,18H,1-3H3/q+1. The Bertz CT molecular complexity index is 897. The number of aryl methyl sites for hydroxylation is 2. The molecule has 1 heterocycles. The summed E-state index contributed by atoms with van der Waals surface area (Å²) in [6.45, 7) is 3.88. The average Bonchev–Trinajstić information content (AvgIpc) is 2.46. The molecule has 102 valence electrons. The topological polar surface area (TPSA) is 57.4 Å². The summed E-state index contributed by atoms with van der Waals surface area (Å²) in [5, 5.41) is 10.4. The van der Waals surface area contributed by atoms with Crippen LogP contribution < -0.4 is 9.16 Å². The summed E-state index contributed by atoms with van der Waals surface area (Å²) < 4.78 is 7.06. The second kappa shape index (κ2) is 4.23. The van der Waals surface area contributed by atoms with Gasteiger partial charge in [-0.05, 0) is 43.2 Å².